The minimum atomic E-state index is 0.374. The molecule has 2 heterocycles. The van der Waals surface area contributed by atoms with Gasteiger partial charge >= 0.3 is 0 Å². The van der Waals surface area contributed by atoms with Crippen LogP contribution < -0.4 is 0 Å². The Kier molecular flexibility index (Phi) is 4.97. The van der Waals surface area contributed by atoms with Crippen LogP contribution in [0, 0.1) is 6.92 Å². The molecule has 0 bridgehead atoms. The highest BCUT2D eigenvalue weighted by molar-refractivity contribution is 7.10. The number of hydrogen-bond donors (Lipinski definition) is 0. The van der Waals surface area contributed by atoms with Gasteiger partial charge in [-0.2, -0.15) is 0 Å². The molecule has 0 amide bonds. The SMILES string of the molecule is Cc1csc(C2N(Cc3ccccc3)CCN2Cc2ccccc2)c1. The first kappa shape index (κ1) is 16.5. The fraction of sp³-hybridized carbons (Fsp3) is 0.273. The number of nitrogens with zero attached hydrogens (tertiary/aromatic N) is 2. The van der Waals surface area contributed by atoms with Crippen LogP contribution in [-0.2, 0) is 13.1 Å². The van der Waals surface area contributed by atoms with Crippen molar-refractivity contribution in [3.63, 3.8) is 0 Å². The van der Waals surface area contributed by atoms with Crippen LogP contribution in [0.15, 0.2) is 72.1 Å². The fourth-order valence-electron chi connectivity index (χ4n) is 3.65. The predicted octanol–water partition coefficient (Wildman–Crippen LogP) is 5.07. The van der Waals surface area contributed by atoms with E-state index in [1.165, 1.54) is 21.6 Å². The molecule has 25 heavy (non-hydrogen) atoms. The van der Waals surface area contributed by atoms with Gasteiger partial charge in [-0.1, -0.05) is 60.7 Å². The highest BCUT2D eigenvalue weighted by atomic mass is 32.1. The minimum Gasteiger partial charge on any atom is -0.278 e. The molecule has 0 spiro atoms. The number of rotatable bonds is 5. The Bertz CT molecular complexity index is 748. The van der Waals surface area contributed by atoms with E-state index < -0.39 is 0 Å². The van der Waals surface area contributed by atoms with Gasteiger partial charge in [0.15, 0.2) is 0 Å². The van der Waals surface area contributed by atoms with Crippen LogP contribution in [0.25, 0.3) is 0 Å². The van der Waals surface area contributed by atoms with E-state index in [9.17, 15) is 0 Å². The van der Waals surface area contributed by atoms with E-state index in [4.69, 9.17) is 0 Å². The van der Waals surface area contributed by atoms with E-state index >= 15 is 0 Å². The molecule has 4 rings (SSSR count). The van der Waals surface area contributed by atoms with E-state index in [1.807, 2.05) is 11.3 Å². The van der Waals surface area contributed by atoms with E-state index in [2.05, 4.69) is 88.8 Å². The molecule has 0 aliphatic carbocycles. The lowest BCUT2D eigenvalue weighted by atomic mass is 10.2. The van der Waals surface area contributed by atoms with Gasteiger partial charge in [0.05, 0.1) is 6.17 Å². The van der Waals surface area contributed by atoms with Crippen molar-refractivity contribution < 1.29 is 0 Å². The number of aryl methyl sites for hydroxylation is 1. The Morgan fingerprint density at radius 2 is 1.36 bits per heavy atom. The summed E-state index contributed by atoms with van der Waals surface area (Å²) in [5.41, 5.74) is 4.15. The number of benzene rings is 2. The Balaban J connectivity index is 1.58. The summed E-state index contributed by atoms with van der Waals surface area (Å²) < 4.78 is 0. The molecule has 1 saturated heterocycles. The van der Waals surface area contributed by atoms with E-state index in [-0.39, 0.29) is 0 Å². The highest BCUT2D eigenvalue weighted by Gasteiger charge is 2.33. The highest BCUT2D eigenvalue weighted by Crippen LogP contribution is 2.35. The van der Waals surface area contributed by atoms with Gasteiger partial charge in [0.25, 0.3) is 0 Å². The van der Waals surface area contributed by atoms with Gasteiger partial charge in [-0.3, -0.25) is 9.80 Å². The van der Waals surface area contributed by atoms with Crippen molar-refractivity contribution >= 4 is 11.3 Å². The molecule has 0 radical (unpaired) electrons. The van der Waals surface area contributed by atoms with Crippen molar-refractivity contribution in [2.45, 2.75) is 26.2 Å². The number of hydrogen-bond acceptors (Lipinski definition) is 3. The van der Waals surface area contributed by atoms with E-state index in [1.54, 1.807) is 0 Å². The molecular formula is C22H24N2S. The van der Waals surface area contributed by atoms with Crippen LogP contribution in [0.2, 0.25) is 0 Å². The summed E-state index contributed by atoms with van der Waals surface area (Å²) in [5, 5.41) is 2.27. The zero-order valence-electron chi connectivity index (χ0n) is 14.6. The molecule has 2 nitrogen and oxygen atoms in total. The molecule has 1 aliphatic rings. The van der Waals surface area contributed by atoms with Crippen molar-refractivity contribution in [3.8, 4) is 0 Å². The maximum Gasteiger partial charge on any atom is 0.0987 e. The summed E-state index contributed by atoms with van der Waals surface area (Å²) in [7, 11) is 0. The molecule has 2 aromatic carbocycles. The third-order valence-electron chi connectivity index (χ3n) is 4.83. The summed E-state index contributed by atoms with van der Waals surface area (Å²) in [6.07, 6.45) is 0.374. The summed E-state index contributed by atoms with van der Waals surface area (Å²) in [6, 6.07) is 24.0. The Morgan fingerprint density at radius 1 is 0.840 bits per heavy atom. The molecule has 128 valence electrons. The van der Waals surface area contributed by atoms with Crippen LogP contribution in [-0.4, -0.2) is 22.9 Å². The van der Waals surface area contributed by atoms with Gasteiger partial charge in [0.2, 0.25) is 0 Å². The third-order valence-corrected chi connectivity index (χ3v) is 5.92. The monoisotopic (exact) mass is 348 g/mol. The molecule has 0 N–H and O–H groups in total. The predicted molar refractivity (Wildman–Crippen MR) is 106 cm³/mol. The number of thiophene rings is 1. The topological polar surface area (TPSA) is 6.48 Å². The van der Waals surface area contributed by atoms with Crippen molar-refractivity contribution in [2.24, 2.45) is 0 Å². The molecule has 1 fully saturated rings. The van der Waals surface area contributed by atoms with Crippen LogP contribution in [0.5, 0.6) is 0 Å². The normalized spacial score (nSPS) is 16.5. The summed E-state index contributed by atoms with van der Waals surface area (Å²) in [5.74, 6) is 0. The summed E-state index contributed by atoms with van der Waals surface area (Å²) in [4.78, 5) is 6.69. The Labute approximate surface area is 154 Å². The standard InChI is InChI=1S/C22H24N2S/c1-18-14-21(25-17-18)22-23(15-19-8-4-2-5-9-19)12-13-24(22)16-20-10-6-3-7-11-20/h2-11,14,17,22H,12-13,15-16H2,1H3. The lowest BCUT2D eigenvalue weighted by Crippen LogP contribution is -2.29. The van der Waals surface area contributed by atoms with Crippen molar-refractivity contribution in [1.29, 1.82) is 0 Å². The molecule has 3 aromatic rings. The van der Waals surface area contributed by atoms with Crippen molar-refractivity contribution in [2.75, 3.05) is 13.1 Å². The zero-order valence-corrected chi connectivity index (χ0v) is 15.5. The van der Waals surface area contributed by atoms with Gasteiger partial charge in [-0.25, -0.2) is 0 Å². The molecule has 3 heteroatoms. The quantitative estimate of drug-likeness (QED) is 0.635. The average Bonchev–Trinajstić information content (AvgIpc) is 3.23. The first-order chi connectivity index (χ1) is 12.3. The second-order valence-electron chi connectivity index (χ2n) is 6.81. The van der Waals surface area contributed by atoms with Crippen LogP contribution in [0.1, 0.15) is 27.7 Å². The van der Waals surface area contributed by atoms with E-state index in [0.717, 1.165) is 26.2 Å². The summed E-state index contributed by atoms with van der Waals surface area (Å²) >= 11 is 1.89. The van der Waals surface area contributed by atoms with Crippen LogP contribution in [0.4, 0.5) is 0 Å². The fourth-order valence-corrected chi connectivity index (χ4v) is 4.71. The van der Waals surface area contributed by atoms with Gasteiger partial charge in [-0.15, -0.1) is 11.3 Å². The summed E-state index contributed by atoms with van der Waals surface area (Å²) in [6.45, 7) is 6.44. The Hall–Kier alpha value is -1.94. The second kappa shape index (κ2) is 7.52. The molecule has 1 aromatic heterocycles. The van der Waals surface area contributed by atoms with Gasteiger partial charge in [0.1, 0.15) is 0 Å². The van der Waals surface area contributed by atoms with Gasteiger partial charge < -0.3 is 0 Å². The lowest BCUT2D eigenvalue weighted by Gasteiger charge is -2.29. The zero-order chi connectivity index (χ0) is 17.1. The average molecular weight is 349 g/mol. The lowest BCUT2D eigenvalue weighted by molar-refractivity contribution is 0.129. The van der Waals surface area contributed by atoms with E-state index in [0.29, 0.717) is 6.17 Å². The second-order valence-corrected chi connectivity index (χ2v) is 7.76. The van der Waals surface area contributed by atoms with Gasteiger partial charge in [-0.05, 0) is 35.1 Å². The first-order valence-corrected chi connectivity index (χ1v) is 9.78. The molecule has 0 saturated carbocycles. The van der Waals surface area contributed by atoms with Crippen molar-refractivity contribution in [3.05, 3.63) is 93.7 Å². The van der Waals surface area contributed by atoms with Crippen LogP contribution in [0.3, 0.4) is 0 Å². The van der Waals surface area contributed by atoms with Gasteiger partial charge in [0, 0.05) is 31.1 Å². The molecule has 0 atom stereocenters. The third kappa shape index (κ3) is 3.84. The van der Waals surface area contributed by atoms with Crippen LogP contribution >= 0.6 is 11.3 Å². The maximum atomic E-state index is 2.61. The molecule has 0 unspecified atom stereocenters. The maximum absolute atomic E-state index is 2.61. The van der Waals surface area contributed by atoms with Crippen molar-refractivity contribution in [1.82, 2.24) is 9.80 Å². The molecule has 1 aliphatic heterocycles. The Morgan fingerprint density at radius 3 is 1.80 bits per heavy atom. The first-order valence-electron chi connectivity index (χ1n) is 8.90. The minimum absolute atomic E-state index is 0.374. The smallest absolute Gasteiger partial charge is 0.0987 e. The molecular weight excluding hydrogens is 324 g/mol. The largest absolute Gasteiger partial charge is 0.278 e.